The molecule has 1 aromatic rings. The summed E-state index contributed by atoms with van der Waals surface area (Å²) in [5.74, 6) is 0.0769. The second-order valence-corrected chi connectivity index (χ2v) is 7.59. The molecule has 0 spiro atoms. The first-order chi connectivity index (χ1) is 9.23. The highest BCUT2D eigenvalue weighted by molar-refractivity contribution is 7.09. The second-order valence-electron chi connectivity index (χ2n) is 6.84. The van der Waals surface area contributed by atoms with Gasteiger partial charge in [-0.05, 0) is 19.8 Å². The Balaban J connectivity index is 2.15. The summed E-state index contributed by atoms with van der Waals surface area (Å²) in [7, 11) is 0. The number of aliphatic carboxylic acids is 1. The van der Waals surface area contributed by atoms with Crippen LogP contribution in [-0.4, -0.2) is 26.5 Å². The van der Waals surface area contributed by atoms with E-state index >= 15 is 0 Å². The van der Waals surface area contributed by atoms with E-state index in [1.165, 1.54) is 11.5 Å². The molecule has 6 heteroatoms. The van der Waals surface area contributed by atoms with Crippen LogP contribution in [0.5, 0.6) is 0 Å². The van der Waals surface area contributed by atoms with Gasteiger partial charge >= 0.3 is 5.97 Å². The first kappa shape index (κ1) is 15.2. The molecule has 2 rings (SSSR count). The van der Waals surface area contributed by atoms with Gasteiger partial charge in [0.05, 0.1) is 5.41 Å². The van der Waals surface area contributed by atoms with E-state index in [2.05, 4.69) is 35.4 Å². The molecule has 0 aliphatic heterocycles. The van der Waals surface area contributed by atoms with E-state index in [0.717, 1.165) is 30.2 Å². The van der Waals surface area contributed by atoms with Crippen LogP contribution in [0.25, 0.3) is 0 Å². The van der Waals surface area contributed by atoms with Gasteiger partial charge in [0.2, 0.25) is 5.13 Å². The smallest absolute Gasteiger partial charge is 0.311 e. The molecule has 1 fully saturated rings. The van der Waals surface area contributed by atoms with Crippen molar-refractivity contribution in [1.82, 2.24) is 9.36 Å². The molecule has 0 saturated heterocycles. The van der Waals surface area contributed by atoms with Gasteiger partial charge in [-0.2, -0.15) is 4.37 Å². The van der Waals surface area contributed by atoms with Gasteiger partial charge < -0.3 is 10.4 Å². The molecule has 1 aromatic heterocycles. The van der Waals surface area contributed by atoms with Crippen LogP contribution in [0.4, 0.5) is 5.13 Å². The Morgan fingerprint density at radius 3 is 2.70 bits per heavy atom. The lowest BCUT2D eigenvalue weighted by Crippen LogP contribution is -2.46. The lowest BCUT2D eigenvalue weighted by Gasteiger charge is -2.38. The van der Waals surface area contributed by atoms with Crippen molar-refractivity contribution in [1.29, 1.82) is 0 Å². The highest BCUT2D eigenvalue weighted by Crippen LogP contribution is 2.38. The minimum absolute atomic E-state index is 0.0745. The van der Waals surface area contributed by atoms with Crippen molar-refractivity contribution in [3.8, 4) is 0 Å². The van der Waals surface area contributed by atoms with E-state index in [4.69, 9.17) is 0 Å². The Hall–Kier alpha value is -1.17. The number of rotatable bonds is 3. The number of anilines is 1. The predicted molar refractivity (Wildman–Crippen MR) is 80.2 cm³/mol. The van der Waals surface area contributed by atoms with Gasteiger partial charge in [-0.1, -0.05) is 33.6 Å². The van der Waals surface area contributed by atoms with Crippen molar-refractivity contribution in [3.05, 3.63) is 5.82 Å². The molecule has 0 aromatic carbocycles. The standard InChI is InChI=1S/C14H23N3O2S/c1-13(2,3)10-16-12(20-17-10)15-9-7-5-6-8-14(9,4)11(18)19/h9H,5-8H2,1-4H3,(H,18,19)(H,15,16,17). The number of hydrogen-bond donors (Lipinski definition) is 2. The zero-order valence-electron chi connectivity index (χ0n) is 12.6. The van der Waals surface area contributed by atoms with Gasteiger partial charge in [-0.15, -0.1) is 0 Å². The van der Waals surface area contributed by atoms with Crippen LogP contribution in [0.15, 0.2) is 0 Å². The van der Waals surface area contributed by atoms with Crippen LogP contribution in [-0.2, 0) is 10.2 Å². The summed E-state index contributed by atoms with van der Waals surface area (Å²) in [6, 6.07) is -0.0745. The first-order valence-corrected chi connectivity index (χ1v) is 7.85. The van der Waals surface area contributed by atoms with Gasteiger partial charge in [0.15, 0.2) is 0 Å². The largest absolute Gasteiger partial charge is 0.481 e. The topological polar surface area (TPSA) is 75.1 Å². The fraction of sp³-hybridized carbons (Fsp3) is 0.786. The van der Waals surface area contributed by atoms with Crippen LogP contribution in [0.1, 0.15) is 59.2 Å². The Kier molecular flexibility index (Phi) is 4.04. The minimum atomic E-state index is -0.727. The zero-order valence-corrected chi connectivity index (χ0v) is 13.4. The maximum Gasteiger partial charge on any atom is 0.311 e. The van der Waals surface area contributed by atoms with Crippen LogP contribution in [0.2, 0.25) is 0 Å². The molecule has 0 amide bonds. The average Bonchev–Trinajstić information content (AvgIpc) is 2.80. The molecular weight excluding hydrogens is 274 g/mol. The summed E-state index contributed by atoms with van der Waals surface area (Å²) in [4.78, 5) is 16.1. The molecule has 1 aliphatic carbocycles. The van der Waals surface area contributed by atoms with E-state index in [1.807, 2.05) is 6.92 Å². The van der Waals surface area contributed by atoms with Crippen LogP contribution in [0.3, 0.4) is 0 Å². The van der Waals surface area contributed by atoms with Crippen LogP contribution < -0.4 is 5.32 Å². The second kappa shape index (κ2) is 5.31. The third kappa shape index (κ3) is 2.95. The molecule has 2 N–H and O–H groups in total. The summed E-state index contributed by atoms with van der Waals surface area (Å²) in [5, 5.41) is 13.5. The Bertz CT molecular complexity index is 495. The van der Waals surface area contributed by atoms with E-state index in [-0.39, 0.29) is 11.5 Å². The summed E-state index contributed by atoms with van der Waals surface area (Å²) in [6.45, 7) is 8.04. The molecule has 112 valence electrons. The Morgan fingerprint density at radius 2 is 2.15 bits per heavy atom. The van der Waals surface area contributed by atoms with Crippen molar-refractivity contribution < 1.29 is 9.90 Å². The monoisotopic (exact) mass is 297 g/mol. The van der Waals surface area contributed by atoms with Crippen molar-refractivity contribution in [2.75, 3.05) is 5.32 Å². The van der Waals surface area contributed by atoms with Gasteiger partial charge in [-0.3, -0.25) is 4.79 Å². The van der Waals surface area contributed by atoms with E-state index in [9.17, 15) is 9.90 Å². The number of carbonyl (C=O) groups is 1. The fourth-order valence-corrected chi connectivity index (χ4v) is 3.37. The minimum Gasteiger partial charge on any atom is -0.481 e. The molecular formula is C14H23N3O2S. The third-order valence-electron chi connectivity index (χ3n) is 4.09. The normalized spacial score (nSPS) is 27.3. The van der Waals surface area contributed by atoms with Gasteiger partial charge in [0, 0.05) is 23.0 Å². The highest BCUT2D eigenvalue weighted by Gasteiger charge is 2.43. The fourth-order valence-electron chi connectivity index (χ4n) is 2.56. The number of hydrogen-bond acceptors (Lipinski definition) is 5. The van der Waals surface area contributed by atoms with Crippen molar-refractivity contribution in [2.45, 2.75) is 64.8 Å². The van der Waals surface area contributed by atoms with Gasteiger partial charge in [0.25, 0.3) is 0 Å². The molecule has 20 heavy (non-hydrogen) atoms. The van der Waals surface area contributed by atoms with Crippen molar-refractivity contribution in [2.24, 2.45) is 5.41 Å². The highest BCUT2D eigenvalue weighted by atomic mass is 32.1. The van der Waals surface area contributed by atoms with Crippen molar-refractivity contribution in [3.63, 3.8) is 0 Å². The zero-order chi connectivity index (χ0) is 15.0. The van der Waals surface area contributed by atoms with Gasteiger partial charge in [0.1, 0.15) is 5.82 Å². The predicted octanol–water partition coefficient (Wildman–Crippen LogP) is 3.28. The Morgan fingerprint density at radius 1 is 1.45 bits per heavy atom. The van der Waals surface area contributed by atoms with E-state index < -0.39 is 11.4 Å². The lowest BCUT2D eigenvalue weighted by molar-refractivity contribution is -0.150. The summed E-state index contributed by atoms with van der Waals surface area (Å²) < 4.78 is 4.37. The number of nitrogens with zero attached hydrogens (tertiary/aromatic N) is 2. The Labute approximate surface area is 124 Å². The molecule has 5 nitrogen and oxygen atoms in total. The van der Waals surface area contributed by atoms with Gasteiger partial charge in [-0.25, -0.2) is 4.98 Å². The number of carboxylic acids is 1. The molecule has 1 heterocycles. The number of carboxylic acid groups (broad SMARTS) is 1. The maximum atomic E-state index is 11.6. The summed E-state index contributed by atoms with van der Waals surface area (Å²) in [5.41, 5.74) is -0.801. The van der Waals surface area contributed by atoms with Crippen molar-refractivity contribution >= 4 is 22.6 Å². The van der Waals surface area contributed by atoms with Crippen LogP contribution >= 0.6 is 11.5 Å². The third-order valence-corrected chi connectivity index (χ3v) is 4.74. The molecule has 0 radical (unpaired) electrons. The average molecular weight is 297 g/mol. The SMILES string of the molecule is CC(C)(C)c1nsc(NC2CCCCC2(C)C(=O)O)n1. The first-order valence-electron chi connectivity index (χ1n) is 7.07. The molecule has 2 atom stereocenters. The maximum absolute atomic E-state index is 11.6. The lowest BCUT2D eigenvalue weighted by atomic mass is 9.72. The van der Waals surface area contributed by atoms with E-state index in [0.29, 0.717) is 6.42 Å². The quantitative estimate of drug-likeness (QED) is 0.895. The number of nitrogens with one attached hydrogen (secondary N) is 1. The molecule has 0 bridgehead atoms. The molecule has 1 saturated carbocycles. The number of aromatic nitrogens is 2. The summed E-state index contributed by atoms with van der Waals surface area (Å²) in [6.07, 6.45) is 3.62. The summed E-state index contributed by atoms with van der Waals surface area (Å²) >= 11 is 1.32. The van der Waals surface area contributed by atoms with Crippen LogP contribution in [0, 0.1) is 5.41 Å². The van der Waals surface area contributed by atoms with E-state index in [1.54, 1.807) is 0 Å². The molecule has 2 unspecified atom stereocenters. The molecule has 1 aliphatic rings.